The van der Waals surface area contributed by atoms with Crippen LogP contribution >= 0.6 is 0 Å². The number of amides is 1. The Morgan fingerprint density at radius 1 is 0.424 bits per heavy atom. The van der Waals surface area contributed by atoms with Crippen LogP contribution in [0.15, 0.2) is 24.3 Å². The average molecular weight is 834 g/mol. The van der Waals surface area contributed by atoms with E-state index in [1.54, 1.807) is 0 Å². The van der Waals surface area contributed by atoms with Gasteiger partial charge in [0.25, 0.3) is 0 Å². The van der Waals surface area contributed by atoms with Crippen LogP contribution in [-0.2, 0) is 4.79 Å². The molecular formula is C53H103NO5. The van der Waals surface area contributed by atoms with Gasteiger partial charge in [0.1, 0.15) is 12.2 Å². The lowest BCUT2D eigenvalue weighted by molar-refractivity contribution is -0.132. The smallest absolute Gasteiger partial charge is 0.249 e. The first-order valence-corrected chi connectivity index (χ1v) is 26.2. The van der Waals surface area contributed by atoms with E-state index in [4.69, 9.17) is 0 Å². The third-order valence-corrected chi connectivity index (χ3v) is 12.4. The van der Waals surface area contributed by atoms with Crippen LogP contribution in [0, 0.1) is 0 Å². The molecule has 1 amide bonds. The lowest BCUT2D eigenvalue weighted by atomic mass is 9.99. The van der Waals surface area contributed by atoms with Crippen LogP contribution in [0.4, 0.5) is 0 Å². The first-order chi connectivity index (χ1) is 29.0. The Morgan fingerprint density at radius 3 is 1.07 bits per heavy atom. The van der Waals surface area contributed by atoms with Crippen molar-refractivity contribution in [1.82, 2.24) is 5.32 Å². The maximum atomic E-state index is 12.5. The number of hydrogen-bond acceptors (Lipinski definition) is 5. The van der Waals surface area contributed by atoms with Crippen LogP contribution in [0.25, 0.3) is 0 Å². The van der Waals surface area contributed by atoms with Crippen LogP contribution in [-0.4, -0.2) is 57.3 Å². The van der Waals surface area contributed by atoms with Gasteiger partial charge in [-0.3, -0.25) is 4.79 Å². The number of rotatable bonds is 48. The molecule has 0 aliphatic heterocycles. The van der Waals surface area contributed by atoms with Gasteiger partial charge >= 0.3 is 0 Å². The van der Waals surface area contributed by atoms with Gasteiger partial charge in [-0.2, -0.15) is 0 Å². The molecule has 6 heteroatoms. The minimum absolute atomic E-state index is 0.371. The van der Waals surface area contributed by atoms with Crippen molar-refractivity contribution in [3.8, 4) is 0 Å². The van der Waals surface area contributed by atoms with Crippen molar-refractivity contribution >= 4 is 5.91 Å². The van der Waals surface area contributed by atoms with Crippen molar-refractivity contribution in [3.63, 3.8) is 0 Å². The summed E-state index contributed by atoms with van der Waals surface area (Å²) in [7, 11) is 0. The third kappa shape index (κ3) is 41.9. The van der Waals surface area contributed by atoms with Gasteiger partial charge in [0.2, 0.25) is 5.91 Å². The zero-order valence-corrected chi connectivity index (χ0v) is 39.5. The molecule has 0 heterocycles. The maximum absolute atomic E-state index is 12.5. The van der Waals surface area contributed by atoms with Crippen LogP contribution in [0.3, 0.4) is 0 Å². The Kier molecular flexibility index (Phi) is 46.9. The highest BCUT2D eigenvalue weighted by atomic mass is 16.3. The highest BCUT2D eigenvalue weighted by Crippen LogP contribution is 2.17. The summed E-state index contributed by atoms with van der Waals surface area (Å²) in [6.45, 7) is 4.05. The molecule has 0 aromatic heterocycles. The van der Waals surface area contributed by atoms with Crippen LogP contribution in [0.1, 0.15) is 277 Å². The molecule has 6 nitrogen and oxygen atoms in total. The molecule has 59 heavy (non-hydrogen) atoms. The maximum Gasteiger partial charge on any atom is 0.249 e. The van der Waals surface area contributed by atoms with E-state index < -0.39 is 36.9 Å². The fraction of sp³-hybridized carbons (Fsp3) is 0.906. The van der Waals surface area contributed by atoms with Gasteiger partial charge in [0, 0.05) is 0 Å². The zero-order valence-electron chi connectivity index (χ0n) is 39.5. The van der Waals surface area contributed by atoms with Gasteiger partial charge < -0.3 is 25.7 Å². The Morgan fingerprint density at radius 2 is 0.729 bits per heavy atom. The van der Waals surface area contributed by atoms with E-state index in [1.165, 1.54) is 205 Å². The molecule has 5 N–H and O–H groups in total. The van der Waals surface area contributed by atoms with E-state index >= 15 is 0 Å². The van der Waals surface area contributed by atoms with E-state index in [9.17, 15) is 25.2 Å². The van der Waals surface area contributed by atoms with Gasteiger partial charge in [-0.1, -0.05) is 256 Å². The molecule has 0 radical (unpaired) electrons. The summed E-state index contributed by atoms with van der Waals surface area (Å²) in [6.07, 6.45) is 56.8. The molecule has 0 aromatic carbocycles. The topological polar surface area (TPSA) is 110 Å². The van der Waals surface area contributed by atoms with E-state index in [0.717, 1.165) is 44.9 Å². The fourth-order valence-electron chi connectivity index (χ4n) is 8.26. The van der Waals surface area contributed by atoms with Crippen molar-refractivity contribution in [2.75, 3.05) is 6.61 Å². The van der Waals surface area contributed by atoms with Crippen molar-refractivity contribution in [2.45, 2.75) is 301 Å². The predicted octanol–water partition coefficient (Wildman–Crippen LogP) is 14.7. The number of carbonyl (C=O) groups is 1. The van der Waals surface area contributed by atoms with Gasteiger partial charge in [-0.15, -0.1) is 0 Å². The molecule has 0 aliphatic carbocycles. The molecule has 0 fully saturated rings. The third-order valence-electron chi connectivity index (χ3n) is 12.4. The normalized spacial score (nSPS) is 14.1. The SMILES string of the molecule is CCCCCCCCCCC/C=C\C/C=C\CCCCCCCCCCCCCCCCCCC(O)C(=O)NC(CO)C(O)C(O)CCCCCCCCCCCCC. The summed E-state index contributed by atoms with van der Waals surface area (Å²) < 4.78 is 0. The Labute approximate surface area is 367 Å². The largest absolute Gasteiger partial charge is 0.394 e. The second-order valence-corrected chi connectivity index (χ2v) is 18.2. The number of aliphatic hydroxyl groups excluding tert-OH is 4. The Hall–Kier alpha value is -1.21. The molecular weight excluding hydrogens is 731 g/mol. The second kappa shape index (κ2) is 47.8. The van der Waals surface area contributed by atoms with E-state index in [-0.39, 0.29) is 0 Å². The molecule has 0 saturated heterocycles. The van der Waals surface area contributed by atoms with E-state index in [1.807, 2.05) is 0 Å². The molecule has 4 atom stereocenters. The van der Waals surface area contributed by atoms with Gasteiger partial charge in [-0.25, -0.2) is 0 Å². The average Bonchev–Trinajstić information content (AvgIpc) is 3.24. The number of unbranched alkanes of at least 4 members (excludes halogenated alkanes) is 35. The molecule has 350 valence electrons. The Bertz CT molecular complexity index is 893. The van der Waals surface area contributed by atoms with E-state index in [2.05, 4.69) is 43.5 Å². The van der Waals surface area contributed by atoms with Crippen molar-refractivity contribution < 1.29 is 25.2 Å². The summed E-state index contributed by atoms with van der Waals surface area (Å²) in [5.74, 6) is -0.582. The second-order valence-electron chi connectivity index (χ2n) is 18.2. The highest BCUT2D eigenvalue weighted by molar-refractivity contribution is 5.80. The fourth-order valence-corrected chi connectivity index (χ4v) is 8.26. The standard InChI is InChI=1S/C53H103NO5/c1-3-5-7-9-11-13-15-16-17-18-19-20-21-22-23-24-25-26-27-28-29-30-31-32-33-34-35-37-39-41-43-45-47-51(57)53(59)54-49(48-55)52(58)50(56)46-44-42-40-38-36-14-12-10-8-6-4-2/h19-20,22-23,49-52,55-58H,3-18,21,24-48H2,1-2H3,(H,54,59)/b20-19-,23-22-. The van der Waals surface area contributed by atoms with Crippen molar-refractivity contribution in [1.29, 1.82) is 0 Å². The lowest BCUT2D eigenvalue weighted by Gasteiger charge is -2.27. The number of hydrogen-bond donors (Lipinski definition) is 5. The van der Waals surface area contributed by atoms with Gasteiger partial charge in [-0.05, 0) is 44.9 Å². The molecule has 0 rings (SSSR count). The molecule has 0 spiro atoms. The number of aliphatic hydroxyl groups is 4. The minimum Gasteiger partial charge on any atom is -0.394 e. The van der Waals surface area contributed by atoms with Gasteiger partial charge in [0.05, 0.1) is 18.8 Å². The summed E-state index contributed by atoms with van der Waals surface area (Å²) in [6, 6.07) is -0.982. The van der Waals surface area contributed by atoms with Crippen LogP contribution in [0.2, 0.25) is 0 Å². The van der Waals surface area contributed by atoms with Crippen LogP contribution in [0.5, 0.6) is 0 Å². The Balaban J connectivity index is 3.56. The number of allylic oxidation sites excluding steroid dienone is 4. The monoisotopic (exact) mass is 834 g/mol. The first-order valence-electron chi connectivity index (χ1n) is 26.2. The van der Waals surface area contributed by atoms with Gasteiger partial charge in [0.15, 0.2) is 0 Å². The number of carbonyl (C=O) groups excluding carboxylic acids is 1. The summed E-state index contributed by atoms with van der Waals surface area (Å²) in [5.41, 5.74) is 0. The first kappa shape index (κ1) is 57.8. The summed E-state index contributed by atoms with van der Waals surface area (Å²) in [5, 5.41) is 43.7. The zero-order chi connectivity index (χ0) is 43.1. The number of nitrogens with one attached hydrogen (secondary N) is 1. The lowest BCUT2D eigenvalue weighted by Crippen LogP contribution is -2.53. The quantitative estimate of drug-likeness (QED) is 0.0310. The molecule has 0 aliphatic rings. The van der Waals surface area contributed by atoms with Crippen molar-refractivity contribution in [2.24, 2.45) is 0 Å². The molecule has 0 bridgehead atoms. The van der Waals surface area contributed by atoms with E-state index in [0.29, 0.717) is 12.8 Å². The highest BCUT2D eigenvalue weighted by Gasteiger charge is 2.28. The summed E-state index contributed by atoms with van der Waals surface area (Å²) in [4.78, 5) is 12.5. The predicted molar refractivity (Wildman–Crippen MR) is 256 cm³/mol. The molecule has 4 unspecified atom stereocenters. The summed E-state index contributed by atoms with van der Waals surface area (Å²) >= 11 is 0. The van der Waals surface area contributed by atoms with Crippen molar-refractivity contribution in [3.05, 3.63) is 24.3 Å². The minimum atomic E-state index is -1.26. The molecule has 0 saturated carbocycles. The molecule has 0 aromatic rings. The van der Waals surface area contributed by atoms with Crippen LogP contribution < -0.4 is 5.32 Å².